The van der Waals surface area contributed by atoms with Crippen LogP contribution < -0.4 is 5.32 Å². The van der Waals surface area contributed by atoms with Gasteiger partial charge in [-0.2, -0.15) is 5.26 Å². The second kappa shape index (κ2) is 7.08. The van der Waals surface area contributed by atoms with Crippen LogP contribution in [-0.4, -0.2) is 61.2 Å². The van der Waals surface area contributed by atoms with E-state index in [0.717, 1.165) is 39.1 Å². The van der Waals surface area contributed by atoms with E-state index in [1.807, 2.05) is 6.92 Å². The van der Waals surface area contributed by atoms with Gasteiger partial charge in [-0.1, -0.05) is 13.8 Å². The average Bonchev–Trinajstić information content (AvgIpc) is 2.51. The van der Waals surface area contributed by atoms with Gasteiger partial charge in [0.2, 0.25) is 0 Å². The molecule has 0 aromatic carbocycles. The predicted octanol–water partition coefficient (Wildman–Crippen LogP) is 1.29. The SMILES string of the molecule is CCNC(C)(C#N)CN1CCCN(C)CC1CC. The minimum Gasteiger partial charge on any atom is -0.305 e. The van der Waals surface area contributed by atoms with Crippen LogP contribution >= 0.6 is 0 Å². The van der Waals surface area contributed by atoms with Gasteiger partial charge in [0.1, 0.15) is 5.54 Å². The second-order valence-electron chi connectivity index (χ2n) is 5.62. The molecule has 0 aromatic rings. The number of rotatable bonds is 5. The Balaban J connectivity index is 2.70. The molecule has 0 aliphatic carbocycles. The van der Waals surface area contributed by atoms with Crippen LogP contribution in [0.15, 0.2) is 0 Å². The van der Waals surface area contributed by atoms with Crippen molar-refractivity contribution >= 4 is 0 Å². The molecule has 0 bridgehead atoms. The Morgan fingerprint density at radius 3 is 2.67 bits per heavy atom. The van der Waals surface area contributed by atoms with Gasteiger partial charge in [-0.3, -0.25) is 10.2 Å². The quantitative estimate of drug-likeness (QED) is 0.801. The third-order valence-electron chi connectivity index (χ3n) is 3.83. The first kappa shape index (κ1) is 15.4. The summed E-state index contributed by atoms with van der Waals surface area (Å²) in [7, 11) is 2.19. The third-order valence-corrected chi connectivity index (χ3v) is 3.83. The number of nitrogens with one attached hydrogen (secondary N) is 1. The maximum Gasteiger partial charge on any atom is 0.116 e. The maximum atomic E-state index is 9.38. The van der Waals surface area contributed by atoms with Gasteiger partial charge in [0, 0.05) is 19.1 Å². The van der Waals surface area contributed by atoms with Gasteiger partial charge in [-0.15, -0.1) is 0 Å². The van der Waals surface area contributed by atoms with E-state index in [0.29, 0.717) is 6.04 Å². The molecule has 0 radical (unpaired) electrons. The summed E-state index contributed by atoms with van der Waals surface area (Å²) >= 11 is 0. The summed E-state index contributed by atoms with van der Waals surface area (Å²) < 4.78 is 0. The van der Waals surface area contributed by atoms with Crippen molar-refractivity contribution in [1.82, 2.24) is 15.1 Å². The second-order valence-corrected chi connectivity index (χ2v) is 5.62. The van der Waals surface area contributed by atoms with Gasteiger partial charge in [-0.05, 0) is 46.4 Å². The minimum atomic E-state index is -0.426. The molecule has 18 heavy (non-hydrogen) atoms. The largest absolute Gasteiger partial charge is 0.305 e. The molecule has 1 fully saturated rings. The molecular weight excluding hydrogens is 224 g/mol. The maximum absolute atomic E-state index is 9.38. The van der Waals surface area contributed by atoms with Crippen molar-refractivity contribution in [1.29, 1.82) is 5.26 Å². The Kier molecular flexibility index (Phi) is 6.07. The van der Waals surface area contributed by atoms with Gasteiger partial charge < -0.3 is 4.90 Å². The molecule has 1 aliphatic rings. The first-order valence-electron chi connectivity index (χ1n) is 7.13. The number of nitrogens with zero attached hydrogens (tertiary/aromatic N) is 3. The van der Waals surface area contributed by atoms with E-state index in [4.69, 9.17) is 0 Å². The summed E-state index contributed by atoms with van der Waals surface area (Å²) in [4.78, 5) is 4.90. The molecule has 2 atom stereocenters. The van der Waals surface area contributed by atoms with Gasteiger partial charge in [0.25, 0.3) is 0 Å². The molecule has 1 saturated heterocycles. The average molecular weight is 252 g/mol. The first-order chi connectivity index (χ1) is 8.54. The van der Waals surface area contributed by atoms with Gasteiger partial charge >= 0.3 is 0 Å². The highest BCUT2D eigenvalue weighted by molar-refractivity contribution is 5.06. The molecule has 1 heterocycles. The fourth-order valence-electron chi connectivity index (χ4n) is 2.82. The zero-order chi connectivity index (χ0) is 13.6. The van der Waals surface area contributed by atoms with E-state index in [1.54, 1.807) is 0 Å². The van der Waals surface area contributed by atoms with Crippen LogP contribution in [0.3, 0.4) is 0 Å². The topological polar surface area (TPSA) is 42.3 Å². The number of hydrogen-bond acceptors (Lipinski definition) is 4. The Morgan fingerprint density at radius 1 is 1.39 bits per heavy atom. The van der Waals surface area contributed by atoms with E-state index in [2.05, 4.69) is 42.1 Å². The number of likely N-dealkylation sites (N-methyl/N-ethyl adjacent to an activating group) is 2. The molecule has 0 aromatic heterocycles. The fourth-order valence-corrected chi connectivity index (χ4v) is 2.82. The van der Waals surface area contributed by atoms with Crippen molar-refractivity contribution in [3.8, 4) is 6.07 Å². The van der Waals surface area contributed by atoms with Crippen molar-refractivity contribution < 1.29 is 0 Å². The van der Waals surface area contributed by atoms with Gasteiger partial charge in [0.15, 0.2) is 0 Å². The predicted molar refractivity (Wildman–Crippen MR) is 75.5 cm³/mol. The summed E-state index contributed by atoms with van der Waals surface area (Å²) in [6.07, 6.45) is 2.35. The zero-order valence-corrected chi connectivity index (χ0v) is 12.4. The molecule has 2 unspecified atom stereocenters. The first-order valence-corrected chi connectivity index (χ1v) is 7.13. The highest BCUT2D eigenvalue weighted by Gasteiger charge is 2.30. The molecule has 1 rings (SSSR count). The van der Waals surface area contributed by atoms with Crippen LogP contribution in [-0.2, 0) is 0 Å². The standard InChI is InChI=1S/C14H28N4/c1-5-13-10-17(4)8-7-9-18(13)12-14(3,11-15)16-6-2/h13,16H,5-10,12H2,1-4H3. The number of hydrogen-bond donors (Lipinski definition) is 1. The van der Waals surface area contributed by atoms with Crippen molar-refractivity contribution in [2.45, 2.75) is 45.2 Å². The van der Waals surface area contributed by atoms with Crippen LogP contribution in [0.1, 0.15) is 33.6 Å². The molecule has 0 saturated carbocycles. The summed E-state index contributed by atoms with van der Waals surface area (Å²) in [5.41, 5.74) is -0.426. The van der Waals surface area contributed by atoms with Crippen molar-refractivity contribution in [3.63, 3.8) is 0 Å². The lowest BCUT2D eigenvalue weighted by atomic mass is 10.0. The summed E-state index contributed by atoms with van der Waals surface area (Å²) in [5.74, 6) is 0. The Labute approximate surface area is 112 Å². The molecule has 4 nitrogen and oxygen atoms in total. The smallest absolute Gasteiger partial charge is 0.116 e. The molecule has 0 amide bonds. The fraction of sp³-hybridized carbons (Fsp3) is 0.929. The van der Waals surface area contributed by atoms with Gasteiger partial charge in [-0.25, -0.2) is 0 Å². The Hall–Kier alpha value is -0.630. The van der Waals surface area contributed by atoms with Crippen LogP contribution in [0.5, 0.6) is 0 Å². The van der Waals surface area contributed by atoms with Crippen LogP contribution in [0.2, 0.25) is 0 Å². The lowest BCUT2D eigenvalue weighted by molar-refractivity contribution is 0.153. The van der Waals surface area contributed by atoms with E-state index in [1.165, 1.54) is 6.42 Å². The third kappa shape index (κ3) is 4.24. The molecular formula is C14H28N4. The van der Waals surface area contributed by atoms with Crippen LogP contribution in [0, 0.1) is 11.3 Å². The zero-order valence-electron chi connectivity index (χ0n) is 12.4. The lowest BCUT2D eigenvalue weighted by Crippen LogP contribution is -2.53. The summed E-state index contributed by atoms with van der Waals surface area (Å²) in [6, 6.07) is 3.01. The minimum absolute atomic E-state index is 0.426. The Bertz CT molecular complexity index is 286. The highest BCUT2D eigenvalue weighted by atomic mass is 15.2. The summed E-state index contributed by atoms with van der Waals surface area (Å²) in [5, 5.41) is 12.7. The van der Waals surface area contributed by atoms with E-state index >= 15 is 0 Å². The molecule has 1 N–H and O–H groups in total. The summed E-state index contributed by atoms with van der Waals surface area (Å²) in [6.45, 7) is 11.4. The van der Waals surface area contributed by atoms with E-state index in [9.17, 15) is 5.26 Å². The van der Waals surface area contributed by atoms with E-state index < -0.39 is 5.54 Å². The van der Waals surface area contributed by atoms with Crippen molar-refractivity contribution in [2.24, 2.45) is 0 Å². The number of nitriles is 1. The highest BCUT2D eigenvalue weighted by Crippen LogP contribution is 2.15. The molecule has 0 spiro atoms. The van der Waals surface area contributed by atoms with Crippen molar-refractivity contribution in [3.05, 3.63) is 0 Å². The molecule has 4 heteroatoms. The van der Waals surface area contributed by atoms with Gasteiger partial charge in [0.05, 0.1) is 6.07 Å². The van der Waals surface area contributed by atoms with Crippen LogP contribution in [0.4, 0.5) is 0 Å². The van der Waals surface area contributed by atoms with E-state index in [-0.39, 0.29) is 0 Å². The van der Waals surface area contributed by atoms with Crippen molar-refractivity contribution in [2.75, 3.05) is 39.8 Å². The molecule has 1 aliphatic heterocycles. The Morgan fingerprint density at radius 2 is 2.11 bits per heavy atom. The van der Waals surface area contributed by atoms with Crippen LogP contribution in [0.25, 0.3) is 0 Å². The normalized spacial score (nSPS) is 26.3. The molecule has 104 valence electrons. The lowest BCUT2D eigenvalue weighted by Gasteiger charge is -2.35. The monoisotopic (exact) mass is 252 g/mol.